The minimum Gasteiger partial charge on any atom is -0.297 e. The standard InChI is InChI=1S/C31H32N2.2ClH/c1-3-11-25(12-4-1)31(26-13-5-2-6-14-26)30-19-18-28-23-33(30)21-20-32(28)22-27-16-9-15-24-10-7-8-17-29(24)27;;/h1-17,28,30-31H,18-23H2;2*1H/t28-,30-;;/m1../s1. The highest BCUT2D eigenvalue weighted by Crippen LogP contribution is 2.38. The SMILES string of the molecule is Cl.Cl.c1ccc(C(c2ccccc2)[C@H]2CC[C@@H]3CN2CCN3Cc2cccc3ccccc23)cc1. The summed E-state index contributed by atoms with van der Waals surface area (Å²) in [7, 11) is 0. The van der Waals surface area contributed by atoms with Gasteiger partial charge in [-0.3, -0.25) is 9.80 Å². The third-order valence-corrected chi connectivity index (χ3v) is 7.86. The second-order valence-corrected chi connectivity index (χ2v) is 9.70. The van der Waals surface area contributed by atoms with Crippen LogP contribution < -0.4 is 0 Å². The molecule has 0 N–H and O–H groups in total. The van der Waals surface area contributed by atoms with E-state index in [1.807, 2.05) is 0 Å². The van der Waals surface area contributed by atoms with E-state index in [4.69, 9.17) is 0 Å². The van der Waals surface area contributed by atoms with Crippen molar-refractivity contribution in [3.63, 3.8) is 0 Å². The Kier molecular flexibility index (Phi) is 8.51. The lowest BCUT2D eigenvalue weighted by molar-refractivity contribution is -0.00337. The average Bonchev–Trinajstić information content (AvgIpc) is 2.89. The van der Waals surface area contributed by atoms with E-state index in [2.05, 4.69) is 113 Å². The molecule has 2 heterocycles. The van der Waals surface area contributed by atoms with Gasteiger partial charge in [-0.1, -0.05) is 103 Å². The van der Waals surface area contributed by atoms with Gasteiger partial charge in [0, 0.05) is 44.2 Å². The van der Waals surface area contributed by atoms with Gasteiger partial charge in [-0.15, -0.1) is 24.8 Å². The minimum absolute atomic E-state index is 0. The molecule has 1 unspecified atom stereocenters. The highest BCUT2D eigenvalue weighted by molar-refractivity contribution is 5.86. The van der Waals surface area contributed by atoms with Crippen molar-refractivity contribution in [2.75, 3.05) is 19.6 Å². The molecular formula is C31H34Cl2N2. The van der Waals surface area contributed by atoms with Crippen LogP contribution in [0, 0.1) is 0 Å². The zero-order chi connectivity index (χ0) is 22.0. The van der Waals surface area contributed by atoms with Crippen LogP contribution in [-0.4, -0.2) is 41.5 Å². The summed E-state index contributed by atoms with van der Waals surface area (Å²) in [6.45, 7) is 4.56. The average molecular weight is 506 g/mol. The molecule has 2 fully saturated rings. The van der Waals surface area contributed by atoms with E-state index in [1.165, 1.54) is 46.8 Å². The molecule has 4 aromatic carbocycles. The maximum absolute atomic E-state index is 2.79. The Morgan fingerprint density at radius 2 is 1.29 bits per heavy atom. The van der Waals surface area contributed by atoms with Gasteiger partial charge in [-0.25, -0.2) is 0 Å². The van der Waals surface area contributed by atoms with Crippen molar-refractivity contribution in [2.24, 2.45) is 0 Å². The Labute approximate surface area is 221 Å². The largest absolute Gasteiger partial charge is 0.297 e. The van der Waals surface area contributed by atoms with E-state index in [9.17, 15) is 0 Å². The summed E-state index contributed by atoms with van der Waals surface area (Å²) in [5, 5.41) is 2.76. The van der Waals surface area contributed by atoms with E-state index >= 15 is 0 Å². The molecule has 0 spiro atoms. The molecule has 2 aliphatic rings. The molecule has 35 heavy (non-hydrogen) atoms. The Bertz CT molecular complexity index is 1170. The molecule has 2 aliphatic heterocycles. The van der Waals surface area contributed by atoms with E-state index in [-0.39, 0.29) is 24.8 Å². The van der Waals surface area contributed by atoms with E-state index in [0.29, 0.717) is 18.0 Å². The van der Waals surface area contributed by atoms with Crippen molar-refractivity contribution in [3.8, 4) is 0 Å². The van der Waals surface area contributed by atoms with Gasteiger partial charge in [0.25, 0.3) is 0 Å². The lowest BCUT2D eigenvalue weighted by Crippen LogP contribution is -2.60. The fourth-order valence-corrected chi connectivity index (χ4v) is 6.23. The molecule has 0 aliphatic carbocycles. The fourth-order valence-electron chi connectivity index (χ4n) is 6.23. The topological polar surface area (TPSA) is 6.48 Å². The zero-order valence-electron chi connectivity index (χ0n) is 20.0. The van der Waals surface area contributed by atoms with Crippen LogP contribution in [0.4, 0.5) is 0 Å². The van der Waals surface area contributed by atoms with Crippen molar-refractivity contribution < 1.29 is 0 Å². The summed E-state index contributed by atoms with van der Waals surface area (Å²) in [6.07, 6.45) is 2.53. The van der Waals surface area contributed by atoms with Gasteiger partial charge < -0.3 is 0 Å². The quantitative estimate of drug-likeness (QED) is 0.284. The van der Waals surface area contributed by atoms with Gasteiger partial charge in [0.05, 0.1) is 0 Å². The molecule has 3 atom stereocenters. The number of hydrogen-bond donors (Lipinski definition) is 0. The maximum atomic E-state index is 2.79. The molecule has 2 saturated heterocycles. The summed E-state index contributed by atoms with van der Waals surface area (Å²) >= 11 is 0. The normalized spacial score (nSPS) is 21.8. The molecule has 0 amide bonds. The first kappa shape index (κ1) is 25.7. The van der Waals surface area contributed by atoms with Gasteiger partial charge in [0.1, 0.15) is 0 Å². The molecule has 2 nitrogen and oxygen atoms in total. The smallest absolute Gasteiger partial charge is 0.0245 e. The van der Waals surface area contributed by atoms with Gasteiger partial charge in [0.15, 0.2) is 0 Å². The number of fused-ring (bicyclic) bond motifs is 3. The lowest BCUT2D eigenvalue weighted by atomic mass is 9.79. The highest BCUT2D eigenvalue weighted by Gasteiger charge is 2.39. The van der Waals surface area contributed by atoms with Crippen LogP contribution in [0.25, 0.3) is 10.8 Å². The van der Waals surface area contributed by atoms with E-state index in [1.54, 1.807) is 0 Å². The van der Waals surface area contributed by atoms with Crippen LogP contribution in [0.15, 0.2) is 103 Å². The number of hydrogen-bond acceptors (Lipinski definition) is 2. The van der Waals surface area contributed by atoms with Gasteiger partial charge in [-0.05, 0) is 40.3 Å². The van der Waals surface area contributed by atoms with Crippen molar-refractivity contribution in [1.29, 1.82) is 0 Å². The Morgan fingerprint density at radius 1 is 0.657 bits per heavy atom. The van der Waals surface area contributed by atoms with Crippen LogP contribution in [0.2, 0.25) is 0 Å². The van der Waals surface area contributed by atoms with Crippen molar-refractivity contribution in [3.05, 3.63) is 120 Å². The molecule has 4 heteroatoms. The van der Waals surface area contributed by atoms with E-state index < -0.39 is 0 Å². The Hall–Kier alpha value is -2.36. The van der Waals surface area contributed by atoms with Gasteiger partial charge in [0.2, 0.25) is 0 Å². The summed E-state index contributed by atoms with van der Waals surface area (Å²) in [5.41, 5.74) is 4.37. The minimum atomic E-state index is 0. The third-order valence-electron chi connectivity index (χ3n) is 7.86. The first-order valence-corrected chi connectivity index (χ1v) is 12.4. The predicted octanol–water partition coefficient (Wildman–Crippen LogP) is 7.16. The van der Waals surface area contributed by atoms with Crippen LogP contribution in [0.3, 0.4) is 0 Å². The lowest BCUT2D eigenvalue weighted by Gasteiger charge is -2.51. The molecular weight excluding hydrogens is 471 g/mol. The second-order valence-electron chi connectivity index (χ2n) is 9.70. The maximum Gasteiger partial charge on any atom is 0.0245 e. The summed E-state index contributed by atoms with van der Waals surface area (Å²) < 4.78 is 0. The summed E-state index contributed by atoms with van der Waals surface area (Å²) in [5.74, 6) is 0.443. The van der Waals surface area contributed by atoms with Gasteiger partial charge >= 0.3 is 0 Å². The number of nitrogens with zero attached hydrogens (tertiary/aromatic N) is 2. The monoisotopic (exact) mass is 504 g/mol. The molecule has 2 bridgehead atoms. The molecule has 4 aromatic rings. The zero-order valence-corrected chi connectivity index (χ0v) is 21.6. The van der Waals surface area contributed by atoms with Crippen LogP contribution in [0.1, 0.15) is 35.4 Å². The van der Waals surface area contributed by atoms with E-state index in [0.717, 1.165) is 19.6 Å². The second kappa shape index (κ2) is 11.6. The predicted molar refractivity (Wildman–Crippen MR) is 152 cm³/mol. The number of piperidine rings is 1. The molecule has 182 valence electrons. The van der Waals surface area contributed by atoms with Crippen LogP contribution in [0.5, 0.6) is 0 Å². The highest BCUT2D eigenvalue weighted by atomic mass is 35.5. The summed E-state index contributed by atoms with van der Waals surface area (Å²) in [6, 6.07) is 39.1. The fraction of sp³-hybridized carbons (Fsp3) is 0.290. The Morgan fingerprint density at radius 3 is 2.00 bits per heavy atom. The number of rotatable bonds is 5. The first-order chi connectivity index (χ1) is 16.4. The molecule has 0 saturated carbocycles. The van der Waals surface area contributed by atoms with Crippen molar-refractivity contribution >= 4 is 35.6 Å². The molecule has 6 rings (SSSR count). The third kappa shape index (κ3) is 5.27. The number of halogens is 2. The van der Waals surface area contributed by atoms with Crippen molar-refractivity contribution in [2.45, 2.75) is 37.4 Å². The molecule has 0 radical (unpaired) electrons. The van der Waals surface area contributed by atoms with Crippen LogP contribution >= 0.6 is 24.8 Å². The Balaban J connectivity index is 0.00000144. The van der Waals surface area contributed by atoms with Crippen molar-refractivity contribution in [1.82, 2.24) is 9.80 Å². The summed E-state index contributed by atoms with van der Waals surface area (Å²) in [4.78, 5) is 5.53. The first-order valence-electron chi connectivity index (χ1n) is 12.4. The van der Waals surface area contributed by atoms with Crippen LogP contribution in [-0.2, 0) is 6.54 Å². The number of piperazine rings is 1. The molecule has 0 aromatic heterocycles. The van der Waals surface area contributed by atoms with Gasteiger partial charge in [-0.2, -0.15) is 0 Å². The number of benzene rings is 4.